The van der Waals surface area contributed by atoms with Crippen molar-refractivity contribution < 1.29 is 14.3 Å². The number of benzene rings is 1. The molecule has 1 heterocycles. The molecule has 0 saturated heterocycles. The molecular weight excluding hydrogens is 310 g/mol. The van der Waals surface area contributed by atoms with Crippen molar-refractivity contribution in [3.8, 4) is 11.5 Å². The second-order valence-corrected chi connectivity index (χ2v) is 6.45. The van der Waals surface area contributed by atoms with Crippen LogP contribution in [0.25, 0.3) is 0 Å². The van der Waals surface area contributed by atoms with Crippen LogP contribution in [0.5, 0.6) is 11.5 Å². The maximum Gasteiger partial charge on any atom is 0.258 e. The number of carbonyl (C=O) groups excluding carboxylic acids is 1. The van der Waals surface area contributed by atoms with Gasteiger partial charge in [-0.1, -0.05) is 32.0 Å². The van der Waals surface area contributed by atoms with Crippen LogP contribution in [0.1, 0.15) is 31.7 Å². The third-order valence-corrected chi connectivity index (χ3v) is 4.30. The summed E-state index contributed by atoms with van der Waals surface area (Å²) in [4.78, 5) is 13.4. The molecule has 1 amide bonds. The summed E-state index contributed by atoms with van der Waals surface area (Å²) in [6.45, 7) is 6.63. The molecule has 4 nitrogen and oxygen atoms in total. The van der Waals surface area contributed by atoms with Crippen molar-refractivity contribution in [1.29, 1.82) is 0 Å². The highest BCUT2D eigenvalue weighted by molar-refractivity contribution is 7.10. The highest BCUT2D eigenvalue weighted by Gasteiger charge is 2.19. The van der Waals surface area contributed by atoms with Crippen LogP contribution in [0, 0.1) is 5.92 Å². The van der Waals surface area contributed by atoms with E-state index in [-0.39, 0.29) is 18.6 Å². The molecule has 1 aromatic carbocycles. The van der Waals surface area contributed by atoms with Gasteiger partial charge in [-0.15, -0.1) is 11.3 Å². The van der Waals surface area contributed by atoms with Crippen LogP contribution in [-0.4, -0.2) is 19.1 Å². The van der Waals surface area contributed by atoms with Crippen molar-refractivity contribution in [3.05, 3.63) is 46.7 Å². The number of carbonyl (C=O) groups is 1. The van der Waals surface area contributed by atoms with Gasteiger partial charge in [0.05, 0.1) is 12.6 Å². The summed E-state index contributed by atoms with van der Waals surface area (Å²) < 4.78 is 11.1. The second-order valence-electron chi connectivity index (χ2n) is 5.47. The smallest absolute Gasteiger partial charge is 0.258 e. The Hall–Kier alpha value is -2.01. The lowest BCUT2D eigenvalue weighted by Crippen LogP contribution is -2.34. The second kappa shape index (κ2) is 8.58. The summed E-state index contributed by atoms with van der Waals surface area (Å²) in [6, 6.07) is 11.4. The van der Waals surface area contributed by atoms with E-state index in [4.69, 9.17) is 9.47 Å². The van der Waals surface area contributed by atoms with Gasteiger partial charge in [-0.3, -0.25) is 4.79 Å². The molecule has 1 N–H and O–H groups in total. The van der Waals surface area contributed by atoms with Gasteiger partial charge in [0.1, 0.15) is 0 Å². The van der Waals surface area contributed by atoms with E-state index >= 15 is 0 Å². The van der Waals surface area contributed by atoms with Gasteiger partial charge in [0.25, 0.3) is 5.91 Å². The lowest BCUT2D eigenvalue weighted by molar-refractivity contribution is -0.124. The average molecular weight is 333 g/mol. The molecule has 0 radical (unpaired) electrons. The predicted octanol–water partition coefficient (Wildman–Crippen LogP) is 4.04. The number of nitrogens with one attached hydrogen (secondary N) is 1. The van der Waals surface area contributed by atoms with Gasteiger partial charge < -0.3 is 14.8 Å². The SMILES string of the molecule is CCOc1ccccc1OCC(=O)N[C@H](c1cccs1)C(C)C. The van der Waals surface area contributed by atoms with Crippen LogP contribution in [0.4, 0.5) is 0 Å². The number of rotatable bonds is 8. The van der Waals surface area contributed by atoms with Crippen LogP contribution in [0.15, 0.2) is 41.8 Å². The maximum absolute atomic E-state index is 12.2. The number of thiophene rings is 1. The molecule has 2 aromatic rings. The van der Waals surface area contributed by atoms with Crippen molar-refractivity contribution in [2.45, 2.75) is 26.8 Å². The third kappa shape index (κ3) is 4.99. The van der Waals surface area contributed by atoms with Crippen molar-refractivity contribution in [3.63, 3.8) is 0 Å². The molecule has 0 saturated carbocycles. The zero-order valence-electron chi connectivity index (χ0n) is 13.7. The van der Waals surface area contributed by atoms with E-state index in [9.17, 15) is 4.79 Å². The number of hydrogen-bond donors (Lipinski definition) is 1. The van der Waals surface area contributed by atoms with E-state index in [2.05, 4.69) is 19.2 Å². The highest BCUT2D eigenvalue weighted by Crippen LogP contribution is 2.27. The molecule has 23 heavy (non-hydrogen) atoms. The van der Waals surface area contributed by atoms with Gasteiger partial charge >= 0.3 is 0 Å². The first kappa shape index (κ1) is 17.3. The normalized spacial score (nSPS) is 12.0. The van der Waals surface area contributed by atoms with E-state index in [1.165, 1.54) is 0 Å². The molecule has 0 unspecified atom stereocenters. The first-order valence-electron chi connectivity index (χ1n) is 7.79. The summed E-state index contributed by atoms with van der Waals surface area (Å²) in [5.74, 6) is 1.42. The Bertz CT molecular complexity index is 610. The molecule has 0 bridgehead atoms. The fraction of sp³-hybridized carbons (Fsp3) is 0.389. The molecular formula is C18H23NO3S. The van der Waals surface area contributed by atoms with Gasteiger partial charge in [-0.25, -0.2) is 0 Å². The van der Waals surface area contributed by atoms with Crippen LogP contribution < -0.4 is 14.8 Å². The number of amides is 1. The first-order valence-corrected chi connectivity index (χ1v) is 8.67. The van der Waals surface area contributed by atoms with Crippen LogP contribution in [0.3, 0.4) is 0 Å². The number of para-hydroxylation sites is 2. The predicted molar refractivity (Wildman–Crippen MR) is 93.1 cm³/mol. The minimum absolute atomic E-state index is 0.00763. The van der Waals surface area contributed by atoms with Gasteiger partial charge in [-0.05, 0) is 36.4 Å². The molecule has 0 spiro atoms. The van der Waals surface area contributed by atoms with E-state index < -0.39 is 0 Å². The third-order valence-electron chi connectivity index (χ3n) is 3.34. The van der Waals surface area contributed by atoms with Gasteiger partial charge in [0.2, 0.25) is 0 Å². The van der Waals surface area contributed by atoms with Crippen molar-refractivity contribution in [2.24, 2.45) is 5.92 Å². The van der Waals surface area contributed by atoms with Crippen molar-refractivity contribution in [1.82, 2.24) is 5.32 Å². The lowest BCUT2D eigenvalue weighted by Gasteiger charge is -2.21. The fourth-order valence-electron chi connectivity index (χ4n) is 2.24. The minimum atomic E-state index is -0.136. The molecule has 2 rings (SSSR count). The van der Waals surface area contributed by atoms with Gasteiger partial charge in [0, 0.05) is 4.88 Å². The summed E-state index contributed by atoms with van der Waals surface area (Å²) in [5, 5.41) is 5.07. The van der Waals surface area contributed by atoms with Crippen LogP contribution >= 0.6 is 11.3 Å². The van der Waals surface area contributed by atoms with Gasteiger partial charge in [0.15, 0.2) is 18.1 Å². The van der Waals surface area contributed by atoms with Crippen molar-refractivity contribution in [2.75, 3.05) is 13.2 Å². The van der Waals surface area contributed by atoms with Crippen molar-refractivity contribution >= 4 is 17.2 Å². The lowest BCUT2D eigenvalue weighted by atomic mass is 10.0. The molecule has 0 aliphatic carbocycles. The number of ether oxygens (including phenoxy) is 2. The Balaban J connectivity index is 1.94. The Morgan fingerprint density at radius 2 is 1.83 bits per heavy atom. The molecule has 0 fully saturated rings. The largest absolute Gasteiger partial charge is 0.490 e. The monoisotopic (exact) mass is 333 g/mol. The van der Waals surface area contributed by atoms with E-state index in [1.807, 2.05) is 42.6 Å². The average Bonchev–Trinajstić information content (AvgIpc) is 3.06. The highest BCUT2D eigenvalue weighted by atomic mass is 32.1. The summed E-state index contributed by atoms with van der Waals surface area (Å²) in [5.41, 5.74) is 0. The zero-order chi connectivity index (χ0) is 16.7. The summed E-state index contributed by atoms with van der Waals surface area (Å²) >= 11 is 1.65. The Labute approximate surface area is 141 Å². The maximum atomic E-state index is 12.2. The molecule has 1 atom stereocenters. The molecule has 5 heteroatoms. The number of hydrogen-bond acceptors (Lipinski definition) is 4. The molecule has 124 valence electrons. The zero-order valence-corrected chi connectivity index (χ0v) is 14.6. The molecule has 0 aliphatic heterocycles. The first-order chi connectivity index (χ1) is 11.1. The topological polar surface area (TPSA) is 47.6 Å². The van der Waals surface area contributed by atoms with Crippen LogP contribution in [-0.2, 0) is 4.79 Å². The van der Waals surface area contributed by atoms with E-state index in [0.717, 1.165) is 4.88 Å². The summed E-state index contributed by atoms with van der Waals surface area (Å²) in [7, 11) is 0. The molecule has 1 aromatic heterocycles. The fourth-order valence-corrected chi connectivity index (χ4v) is 3.19. The van der Waals surface area contributed by atoms with Gasteiger partial charge in [-0.2, -0.15) is 0 Å². The minimum Gasteiger partial charge on any atom is -0.490 e. The molecule has 0 aliphatic rings. The Morgan fingerprint density at radius 3 is 2.39 bits per heavy atom. The Kier molecular flexibility index (Phi) is 6.47. The standard InChI is InChI=1S/C18H23NO3S/c1-4-21-14-8-5-6-9-15(14)22-12-17(20)19-18(13(2)3)16-10-7-11-23-16/h5-11,13,18H,4,12H2,1-3H3,(H,19,20)/t18-/m0/s1. The quantitative estimate of drug-likeness (QED) is 0.793. The van der Waals surface area contributed by atoms with E-state index in [1.54, 1.807) is 17.4 Å². The van der Waals surface area contributed by atoms with E-state index in [0.29, 0.717) is 24.0 Å². The summed E-state index contributed by atoms with van der Waals surface area (Å²) in [6.07, 6.45) is 0. The Morgan fingerprint density at radius 1 is 1.13 bits per heavy atom. The van der Waals surface area contributed by atoms with Crippen LogP contribution in [0.2, 0.25) is 0 Å².